The molecule has 0 aromatic heterocycles. The van der Waals surface area contributed by atoms with E-state index in [9.17, 15) is 9.18 Å². The van der Waals surface area contributed by atoms with Gasteiger partial charge in [0, 0.05) is 30.5 Å². The minimum atomic E-state index is -0.402. The number of allylic oxidation sites excluding steroid dienone is 1. The van der Waals surface area contributed by atoms with E-state index in [0.29, 0.717) is 27.1 Å². The number of hydrogen-bond donors (Lipinski definition) is 1. The molecule has 0 spiro atoms. The number of anilines is 1. The number of rotatable bonds is 3. The van der Waals surface area contributed by atoms with E-state index in [2.05, 4.69) is 5.32 Å². The summed E-state index contributed by atoms with van der Waals surface area (Å²) < 4.78 is 13.3. The fraction of sp³-hybridized carbons (Fsp3) is 0.200. The van der Waals surface area contributed by atoms with Gasteiger partial charge in [0.05, 0.1) is 11.6 Å². The van der Waals surface area contributed by atoms with Gasteiger partial charge in [-0.15, -0.1) is 0 Å². The van der Waals surface area contributed by atoms with E-state index in [4.69, 9.17) is 23.8 Å². The van der Waals surface area contributed by atoms with E-state index in [-0.39, 0.29) is 11.7 Å². The van der Waals surface area contributed by atoms with Crippen LogP contribution in [0.1, 0.15) is 18.5 Å². The Kier molecular flexibility index (Phi) is 5.48. The number of thiocarbonyl (C=S) groups is 1. The highest BCUT2D eigenvalue weighted by atomic mass is 35.5. The molecule has 0 saturated carbocycles. The number of nitrogens with zero attached hydrogens (tertiary/aromatic N) is 2. The predicted molar refractivity (Wildman–Crippen MR) is 110 cm³/mol. The summed E-state index contributed by atoms with van der Waals surface area (Å²) in [6.45, 7) is 1.84. The largest absolute Gasteiger partial charge is 0.351 e. The molecule has 1 amide bonds. The van der Waals surface area contributed by atoms with Crippen LogP contribution in [0.4, 0.5) is 10.1 Å². The van der Waals surface area contributed by atoms with E-state index >= 15 is 0 Å². The monoisotopic (exact) mass is 403 g/mol. The zero-order chi connectivity index (χ0) is 19.7. The lowest BCUT2D eigenvalue weighted by Gasteiger charge is -2.38. The summed E-state index contributed by atoms with van der Waals surface area (Å²) in [7, 11) is 3.41. The van der Waals surface area contributed by atoms with Crippen LogP contribution >= 0.6 is 23.8 Å². The number of carbonyl (C=O) groups excluding carboxylic acids is 1. The van der Waals surface area contributed by atoms with Gasteiger partial charge in [-0.25, -0.2) is 4.39 Å². The Bertz CT molecular complexity index is 910. The third-order valence-electron chi connectivity index (χ3n) is 4.41. The Morgan fingerprint density at radius 2 is 1.74 bits per heavy atom. The molecule has 0 radical (unpaired) electrons. The van der Waals surface area contributed by atoms with Crippen LogP contribution in [-0.4, -0.2) is 30.0 Å². The van der Waals surface area contributed by atoms with E-state index in [1.165, 1.54) is 17.0 Å². The van der Waals surface area contributed by atoms with Gasteiger partial charge >= 0.3 is 0 Å². The molecule has 140 valence electrons. The van der Waals surface area contributed by atoms with Crippen molar-refractivity contribution in [3.63, 3.8) is 0 Å². The van der Waals surface area contributed by atoms with Crippen molar-refractivity contribution < 1.29 is 9.18 Å². The smallest absolute Gasteiger partial charge is 0.253 e. The molecule has 2 aromatic rings. The Morgan fingerprint density at radius 1 is 1.15 bits per heavy atom. The quantitative estimate of drug-likeness (QED) is 0.776. The van der Waals surface area contributed by atoms with Crippen molar-refractivity contribution in [1.82, 2.24) is 10.2 Å². The van der Waals surface area contributed by atoms with Crippen LogP contribution in [-0.2, 0) is 4.79 Å². The summed E-state index contributed by atoms with van der Waals surface area (Å²) in [5.74, 6) is -0.463. The number of amides is 1. The number of nitrogens with one attached hydrogen (secondary N) is 1. The molecule has 4 nitrogen and oxygen atoms in total. The number of likely N-dealkylation sites (N-methyl/N-ethyl adjacent to an activating group) is 1. The van der Waals surface area contributed by atoms with Crippen LogP contribution in [0.25, 0.3) is 0 Å². The van der Waals surface area contributed by atoms with Gasteiger partial charge in [0.1, 0.15) is 5.82 Å². The van der Waals surface area contributed by atoms with Gasteiger partial charge in [0.25, 0.3) is 5.91 Å². The van der Waals surface area contributed by atoms with E-state index in [0.717, 1.165) is 5.56 Å². The van der Waals surface area contributed by atoms with Crippen LogP contribution in [0.15, 0.2) is 59.8 Å². The van der Waals surface area contributed by atoms with E-state index < -0.39 is 6.04 Å². The molecule has 0 unspecified atom stereocenters. The Balaban J connectivity index is 2.14. The van der Waals surface area contributed by atoms with E-state index in [1.54, 1.807) is 43.3 Å². The van der Waals surface area contributed by atoms with Crippen molar-refractivity contribution in [2.24, 2.45) is 0 Å². The fourth-order valence-electron chi connectivity index (χ4n) is 3.07. The third-order valence-corrected chi connectivity index (χ3v) is 4.96. The number of hydrogen-bond acceptors (Lipinski definition) is 2. The van der Waals surface area contributed by atoms with E-state index in [1.807, 2.05) is 19.1 Å². The van der Waals surface area contributed by atoms with Crippen LogP contribution in [0, 0.1) is 5.82 Å². The molecular weight excluding hydrogens is 385 g/mol. The molecule has 0 aliphatic carbocycles. The molecule has 0 bridgehead atoms. The average molecular weight is 404 g/mol. The lowest BCUT2D eigenvalue weighted by atomic mass is 9.94. The Hall–Kier alpha value is -2.44. The molecule has 2 aromatic carbocycles. The predicted octanol–water partition coefficient (Wildman–Crippen LogP) is 4.28. The Morgan fingerprint density at radius 3 is 2.30 bits per heavy atom. The van der Waals surface area contributed by atoms with Gasteiger partial charge in [-0.05, 0) is 61.1 Å². The molecule has 1 N–H and O–H groups in total. The first-order valence-electron chi connectivity index (χ1n) is 8.33. The topological polar surface area (TPSA) is 35.6 Å². The van der Waals surface area contributed by atoms with Crippen molar-refractivity contribution in [2.45, 2.75) is 13.0 Å². The zero-order valence-electron chi connectivity index (χ0n) is 15.2. The molecule has 1 heterocycles. The van der Waals surface area contributed by atoms with Crippen molar-refractivity contribution in [3.8, 4) is 0 Å². The molecule has 1 aliphatic rings. The molecule has 7 heteroatoms. The average Bonchev–Trinajstić information content (AvgIpc) is 2.63. The zero-order valence-corrected chi connectivity index (χ0v) is 16.7. The van der Waals surface area contributed by atoms with Crippen molar-refractivity contribution >= 4 is 40.5 Å². The highest BCUT2D eigenvalue weighted by molar-refractivity contribution is 7.80. The minimum absolute atomic E-state index is 0.130. The van der Waals surface area contributed by atoms with Crippen LogP contribution in [0.2, 0.25) is 5.02 Å². The van der Waals surface area contributed by atoms with Gasteiger partial charge < -0.3 is 10.2 Å². The van der Waals surface area contributed by atoms with Crippen molar-refractivity contribution in [1.29, 1.82) is 0 Å². The molecule has 27 heavy (non-hydrogen) atoms. The maximum absolute atomic E-state index is 13.3. The lowest BCUT2D eigenvalue weighted by molar-refractivity contribution is -0.125. The summed E-state index contributed by atoms with van der Waals surface area (Å²) >= 11 is 11.6. The first-order chi connectivity index (χ1) is 12.8. The highest BCUT2D eigenvalue weighted by Gasteiger charge is 2.35. The van der Waals surface area contributed by atoms with Gasteiger partial charge in [0.2, 0.25) is 0 Å². The number of carbonyl (C=O) groups is 1. The highest BCUT2D eigenvalue weighted by Crippen LogP contribution is 2.34. The Labute approximate surface area is 168 Å². The third kappa shape index (κ3) is 3.82. The normalized spacial score (nSPS) is 17.0. The molecule has 1 atom stereocenters. The van der Waals surface area contributed by atoms with Crippen molar-refractivity contribution in [2.75, 3.05) is 19.0 Å². The van der Waals surface area contributed by atoms with Crippen molar-refractivity contribution in [3.05, 3.63) is 76.2 Å². The first kappa shape index (κ1) is 19.3. The summed E-state index contributed by atoms with van der Waals surface area (Å²) in [6, 6.07) is 12.9. The standard InChI is InChI=1S/C20H19ClFN3OS/c1-12-17(19(26)24(2)3)18(13-4-6-14(21)7-5-13)23-20(27)25(12)16-10-8-15(22)9-11-16/h4-11,18H,1-3H3,(H,23,27)/t18-/m0/s1. The van der Waals surface area contributed by atoms with Crippen LogP contribution in [0.5, 0.6) is 0 Å². The van der Waals surface area contributed by atoms with Gasteiger partial charge in [-0.1, -0.05) is 23.7 Å². The second-order valence-electron chi connectivity index (χ2n) is 6.44. The molecule has 3 rings (SSSR count). The molecule has 0 saturated heterocycles. The second kappa shape index (κ2) is 7.66. The van der Waals surface area contributed by atoms with Crippen LogP contribution < -0.4 is 10.2 Å². The maximum Gasteiger partial charge on any atom is 0.253 e. The lowest BCUT2D eigenvalue weighted by Crippen LogP contribution is -2.49. The maximum atomic E-state index is 13.3. The first-order valence-corrected chi connectivity index (χ1v) is 9.12. The summed E-state index contributed by atoms with van der Waals surface area (Å²) in [5.41, 5.74) is 2.83. The van der Waals surface area contributed by atoms with Gasteiger partial charge in [0.15, 0.2) is 5.11 Å². The fourth-order valence-corrected chi connectivity index (χ4v) is 3.55. The van der Waals surface area contributed by atoms with Crippen LogP contribution in [0.3, 0.4) is 0 Å². The second-order valence-corrected chi connectivity index (χ2v) is 7.27. The summed E-state index contributed by atoms with van der Waals surface area (Å²) in [6.07, 6.45) is 0. The number of benzene rings is 2. The van der Waals surface area contributed by atoms with Gasteiger partial charge in [-0.2, -0.15) is 0 Å². The van der Waals surface area contributed by atoms with Gasteiger partial charge in [-0.3, -0.25) is 9.69 Å². The molecular formula is C20H19ClFN3OS. The SMILES string of the molecule is CC1=C(C(=O)N(C)C)[C@H](c2ccc(Cl)cc2)NC(=S)N1c1ccc(F)cc1. The summed E-state index contributed by atoms with van der Waals surface area (Å²) in [5, 5.41) is 4.30. The molecule has 1 aliphatic heterocycles. The number of halogens is 2. The minimum Gasteiger partial charge on any atom is -0.351 e. The summed E-state index contributed by atoms with van der Waals surface area (Å²) in [4.78, 5) is 16.2. The molecule has 0 fully saturated rings.